The van der Waals surface area contributed by atoms with Crippen LogP contribution in [0.3, 0.4) is 0 Å². The van der Waals surface area contributed by atoms with Gasteiger partial charge in [0.1, 0.15) is 11.6 Å². The van der Waals surface area contributed by atoms with Crippen LogP contribution in [0.4, 0.5) is 4.39 Å². The van der Waals surface area contributed by atoms with Gasteiger partial charge in [-0.1, -0.05) is 65.5 Å². The summed E-state index contributed by atoms with van der Waals surface area (Å²) in [5.74, 6) is 1.79. The number of benzene rings is 3. The zero-order valence-electron chi connectivity index (χ0n) is 17.6. The third-order valence-electron chi connectivity index (χ3n) is 4.89. The second-order valence-electron chi connectivity index (χ2n) is 7.71. The molecule has 0 aliphatic heterocycles. The second kappa shape index (κ2) is 10.3. The molecule has 3 aromatic rings. The Morgan fingerprint density at radius 3 is 1.79 bits per heavy atom. The zero-order chi connectivity index (χ0) is 20.1. The highest BCUT2D eigenvalue weighted by Gasteiger charge is 2.08. The van der Waals surface area contributed by atoms with Crippen LogP contribution in [-0.4, -0.2) is 7.11 Å². The van der Waals surface area contributed by atoms with Crippen LogP contribution in [0, 0.1) is 19.7 Å². The highest BCUT2D eigenvalue weighted by molar-refractivity contribution is 5.85. The molecule has 2 heteroatoms. The molecule has 0 saturated carbocycles. The Bertz CT molecular complexity index is 910. The minimum absolute atomic E-state index is 0. The summed E-state index contributed by atoms with van der Waals surface area (Å²) in [5.41, 5.74) is 4.30. The van der Waals surface area contributed by atoms with E-state index in [0.717, 1.165) is 16.9 Å². The van der Waals surface area contributed by atoms with Crippen molar-refractivity contribution in [2.75, 3.05) is 7.11 Å². The van der Waals surface area contributed by atoms with Gasteiger partial charge < -0.3 is 4.74 Å². The number of hydrogen-bond donors (Lipinski definition) is 0. The van der Waals surface area contributed by atoms with Gasteiger partial charge in [-0.25, -0.2) is 4.39 Å². The van der Waals surface area contributed by atoms with E-state index in [1.807, 2.05) is 13.0 Å². The van der Waals surface area contributed by atoms with Crippen molar-refractivity contribution >= 4 is 10.8 Å². The van der Waals surface area contributed by atoms with E-state index in [1.165, 1.54) is 21.9 Å². The monoisotopic (exact) mass is 382 g/mol. The van der Waals surface area contributed by atoms with Gasteiger partial charge in [0.05, 0.1) is 7.11 Å². The van der Waals surface area contributed by atoms with Gasteiger partial charge >= 0.3 is 0 Å². The minimum Gasteiger partial charge on any atom is -0.496 e. The number of hydrogen-bond acceptors (Lipinski definition) is 1. The molecule has 0 bridgehead atoms. The highest BCUT2D eigenvalue weighted by atomic mass is 19.1. The number of rotatable bonds is 3. The predicted molar refractivity (Wildman–Crippen MR) is 121 cm³/mol. The molecule has 0 N–H and O–H groups in total. The molecule has 0 fully saturated rings. The van der Waals surface area contributed by atoms with Crippen molar-refractivity contribution in [1.82, 2.24) is 0 Å². The molecule has 0 radical (unpaired) electrons. The maximum Gasteiger partial charge on any atom is 0.126 e. The molecule has 28 heavy (non-hydrogen) atoms. The first kappa shape index (κ1) is 23.7. The van der Waals surface area contributed by atoms with Crippen LogP contribution in [-0.2, 0) is 0 Å². The molecule has 1 nitrogen and oxygen atoms in total. The summed E-state index contributed by atoms with van der Waals surface area (Å²) in [6.07, 6.45) is 0. The van der Waals surface area contributed by atoms with Crippen molar-refractivity contribution < 1.29 is 9.13 Å². The number of ether oxygens (including phenoxy) is 1. The first-order valence-corrected chi connectivity index (χ1v) is 9.57. The third kappa shape index (κ3) is 5.58. The summed E-state index contributed by atoms with van der Waals surface area (Å²) in [4.78, 5) is 0. The van der Waals surface area contributed by atoms with Crippen molar-refractivity contribution in [1.29, 1.82) is 0 Å². The topological polar surface area (TPSA) is 9.23 Å². The van der Waals surface area contributed by atoms with Crippen LogP contribution in [0.15, 0.2) is 48.5 Å². The van der Waals surface area contributed by atoms with E-state index < -0.39 is 0 Å². The molecule has 0 saturated heterocycles. The SMILES string of the molecule is C.COc1cc2ccccc2cc1C(C)C.Cc1cc(C)c(C(C)C)cc1F. The molecular formula is C26H35FO. The van der Waals surface area contributed by atoms with E-state index in [4.69, 9.17) is 4.74 Å². The van der Waals surface area contributed by atoms with Crippen molar-refractivity contribution in [2.45, 2.75) is 60.8 Å². The van der Waals surface area contributed by atoms with E-state index in [2.05, 4.69) is 64.1 Å². The Balaban J connectivity index is 0.000000277. The molecule has 0 aliphatic carbocycles. The van der Waals surface area contributed by atoms with Gasteiger partial charge in [-0.3, -0.25) is 0 Å². The summed E-state index contributed by atoms with van der Waals surface area (Å²) < 4.78 is 18.5. The van der Waals surface area contributed by atoms with Gasteiger partial charge in [0.15, 0.2) is 0 Å². The largest absolute Gasteiger partial charge is 0.496 e. The Kier molecular flexibility index (Phi) is 8.68. The Labute approximate surface area is 170 Å². The first-order valence-electron chi connectivity index (χ1n) is 9.57. The van der Waals surface area contributed by atoms with Crippen molar-refractivity contribution in [3.05, 3.63) is 76.6 Å². The molecule has 0 atom stereocenters. The maximum absolute atomic E-state index is 13.1. The van der Waals surface area contributed by atoms with Gasteiger partial charge in [0.25, 0.3) is 0 Å². The highest BCUT2D eigenvalue weighted by Crippen LogP contribution is 2.31. The van der Waals surface area contributed by atoms with Crippen molar-refractivity contribution in [3.8, 4) is 5.75 Å². The lowest BCUT2D eigenvalue weighted by atomic mass is 9.96. The number of halogens is 1. The smallest absolute Gasteiger partial charge is 0.126 e. The molecule has 0 aromatic heterocycles. The Morgan fingerprint density at radius 1 is 0.750 bits per heavy atom. The van der Waals surface area contributed by atoms with Crippen LogP contribution in [0.5, 0.6) is 5.75 Å². The van der Waals surface area contributed by atoms with Gasteiger partial charge in [-0.05, 0) is 76.9 Å². The molecule has 3 rings (SSSR count). The van der Waals surface area contributed by atoms with Crippen LogP contribution in [0.1, 0.15) is 69.2 Å². The molecular weight excluding hydrogens is 347 g/mol. The van der Waals surface area contributed by atoms with E-state index >= 15 is 0 Å². The van der Waals surface area contributed by atoms with E-state index in [9.17, 15) is 4.39 Å². The summed E-state index contributed by atoms with van der Waals surface area (Å²) in [7, 11) is 1.73. The summed E-state index contributed by atoms with van der Waals surface area (Å²) in [6, 6.07) is 16.3. The van der Waals surface area contributed by atoms with Crippen molar-refractivity contribution in [3.63, 3.8) is 0 Å². The predicted octanol–water partition coefficient (Wildman–Crippen LogP) is 8.17. The Hall–Kier alpha value is -2.35. The van der Waals surface area contributed by atoms with Gasteiger partial charge in [-0.2, -0.15) is 0 Å². The summed E-state index contributed by atoms with van der Waals surface area (Å²) in [6.45, 7) is 12.4. The van der Waals surface area contributed by atoms with Gasteiger partial charge in [0.2, 0.25) is 0 Å². The van der Waals surface area contributed by atoms with Crippen LogP contribution < -0.4 is 4.74 Å². The number of methoxy groups -OCH3 is 1. The standard InChI is InChI=1S/C14H16O.C11H15F.CH4/c1-10(2)13-8-11-6-4-5-7-12(11)9-14(13)15-3;1-7(2)10-6-11(12)9(4)5-8(10)3;/h4-10H,1-3H3;5-7H,1-4H3;1H4. The lowest BCUT2D eigenvalue weighted by molar-refractivity contribution is 0.408. The summed E-state index contributed by atoms with van der Waals surface area (Å²) in [5, 5.41) is 2.51. The van der Waals surface area contributed by atoms with Crippen LogP contribution in [0.2, 0.25) is 0 Å². The van der Waals surface area contributed by atoms with Gasteiger partial charge in [0, 0.05) is 0 Å². The Morgan fingerprint density at radius 2 is 1.29 bits per heavy atom. The number of fused-ring (bicyclic) bond motifs is 1. The molecule has 3 aromatic carbocycles. The molecule has 0 unspecified atom stereocenters. The molecule has 0 spiro atoms. The zero-order valence-corrected chi connectivity index (χ0v) is 17.6. The third-order valence-corrected chi connectivity index (χ3v) is 4.89. The molecule has 0 aliphatic rings. The average molecular weight is 383 g/mol. The lowest BCUT2D eigenvalue weighted by Gasteiger charge is -2.13. The normalized spacial score (nSPS) is 10.5. The lowest BCUT2D eigenvalue weighted by Crippen LogP contribution is -1.95. The van der Waals surface area contributed by atoms with Crippen LogP contribution in [0.25, 0.3) is 10.8 Å². The van der Waals surface area contributed by atoms with E-state index in [1.54, 1.807) is 20.1 Å². The van der Waals surface area contributed by atoms with Gasteiger partial charge in [-0.15, -0.1) is 0 Å². The first-order chi connectivity index (χ1) is 12.7. The minimum atomic E-state index is -0.0932. The van der Waals surface area contributed by atoms with Crippen molar-refractivity contribution in [2.24, 2.45) is 0 Å². The fraction of sp³-hybridized carbons (Fsp3) is 0.385. The quantitative estimate of drug-likeness (QED) is 0.444. The average Bonchev–Trinajstić information content (AvgIpc) is 2.63. The van der Waals surface area contributed by atoms with E-state index in [0.29, 0.717) is 11.8 Å². The summed E-state index contributed by atoms with van der Waals surface area (Å²) >= 11 is 0. The molecule has 152 valence electrons. The second-order valence-corrected chi connectivity index (χ2v) is 7.71. The van der Waals surface area contributed by atoms with E-state index in [-0.39, 0.29) is 13.2 Å². The fourth-order valence-corrected chi connectivity index (χ4v) is 3.33. The number of aryl methyl sites for hydroxylation is 2. The maximum atomic E-state index is 13.1. The van der Waals surface area contributed by atoms with Crippen LogP contribution >= 0.6 is 0 Å². The molecule has 0 amide bonds. The molecule has 0 heterocycles. The fourth-order valence-electron chi connectivity index (χ4n) is 3.33.